The van der Waals surface area contributed by atoms with Crippen molar-refractivity contribution < 1.29 is 4.74 Å². The number of rotatable bonds is 7. The van der Waals surface area contributed by atoms with Crippen molar-refractivity contribution in [3.05, 3.63) is 34.6 Å². The maximum Gasteiger partial charge on any atom is 0.137 e. The number of aromatic nitrogens is 3. The van der Waals surface area contributed by atoms with Gasteiger partial charge in [-0.25, -0.2) is 0 Å². The molecule has 0 saturated carbocycles. The van der Waals surface area contributed by atoms with E-state index in [0.717, 1.165) is 34.7 Å². The van der Waals surface area contributed by atoms with Crippen molar-refractivity contribution in [2.75, 3.05) is 13.7 Å². The van der Waals surface area contributed by atoms with Gasteiger partial charge in [0, 0.05) is 6.20 Å². The van der Waals surface area contributed by atoms with Gasteiger partial charge in [0.2, 0.25) is 0 Å². The average molecular weight is 292 g/mol. The van der Waals surface area contributed by atoms with Crippen molar-refractivity contribution in [2.24, 2.45) is 0 Å². The lowest BCUT2D eigenvalue weighted by Crippen LogP contribution is -2.18. The first-order chi connectivity index (χ1) is 9.80. The molecule has 20 heavy (non-hydrogen) atoms. The Balaban J connectivity index is 2.31. The van der Waals surface area contributed by atoms with E-state index in [2.05, 4.69) is 26.8 Å². The molecule has 1 unspecified atom stereocenters. The third-order valence-corrected chi connectivity index (χ3v) is 3.83. The maximum absolute atomic E-state index is 5.52. The summed E-state index contributed by atoms with van der Waals surface area (Å²) < 4.78 is 9.61. The topological polar surface area (TPSA) is 59.9 Å². The molecule has 0 fully saturated rings. The van der Waals surface area contributed by atoms with Crippen LogP contribution in [-0.4, -0.2) is 28.2 Å². The standard InChI is InChI=1S/C14H20N4OS/c1-4-6-12-14(20-18-17-12)13(15-3)10-7-11(19-5-2)9-16-8-10/h7-9,13,15H,4-6H2,1-3H3. The molecule has 0 radical (unpaired) electrons. The van der Waals surface area contributed by atoms with Gasteiger partial charge < -0.3 is 10.1 Å². The molecule has 108 valence electrons. The Bertz CT molecular complexity index is 543. The molecule has 0 spiro atoms. The van der Waals surface area contributed by atoms with Crippen molar-refractivity contribution in [1.29, 1.82) is 0 Å². The van der Waals surface area contributed by atoms with Crippen LogP contribution in [0.25, 0.3) is 0 Å². The second kappa shape index (κ2) is 7.31. The third kappa shape index (κ3) is 3.32. The molecule has 0 aromatic carbocycles. The lowest BCUT2D eigenvalue weighted by atomic mass is 10.0. The largest absolute Gasteiger partial charge is 0.492 e. The van der Waals surface area contributed by atoms with Crippen molar-refractivity contribution in [3.63, 3.8) is 0 Å². The van der Waals surface area contributed by atoms with E-state index in [1.54, 1.807) is 6.20 Å². The van der Waals surface area contributed by atoms with E-state index in [0.29, 0.717) is 6.61 Å². The fraction of sp³-hybridized carbons (Fsp3) is 0.500. The molecule has 5 nitrogen and oxygen atoms in total. The van der Waals surface area contributed by atoms with Gasteiger partial charge in [-0.3, -0.25) is 4.98 Å². The molecule has 2 rings (SSSR count). The van der Waals surface area contributed by atoms with Crippen molar-refractivity contribution in [3.8, 4) is 5.75 Å². The van der Waals surface area contributed by atoms with Gasteiger partial charge in [-0.05, 0) is 43.6 Å². The highest BCUT2D eigenvalue weighted by atomic mass is 32.1. The Kier molecular flexibility index (Phi) is 5.43. The Morgan fingerprint density at radius 1 is 1.35 bits per heavy atom. The predicted molar refractivity (Wildman–Crippen MR) is 80.2 cm³/mol. The summed E-state index contributed by atoms with van der Waals surface area (Å²) in [5.41, 5.74) is 2.14. The molecular formula is C14H20N4OS. The van der Waals surface area contributed by atoms with Gasteiger partial charge in [-0.2, -0.15) is 0 Å². The molecule has 1 N–H and O–H groups in total. The number of hydrogen-bond acceptors (Lipinski definition) is 6. The number of pyridine rings is 1. The Morgan fingerprint density at radius 2 is 2.20 bits per heavy atom. The van der Waals surface area contributed by atoms with Crippen LogP contribution in [0.15, 0.2) is 18.5 Å². The van der Waals surface area contributed by atoms with E-state index in [-0.39, 0.29) is 6.04 Å². The zero-order valence-electron chi connectivity index (χ0n) is 12.1. The lowest BCUT2D eigenvalue weighted by Gasteiger charge is -2.16. The molecule has 0 aliphatic rings. The number of aryl methyl sites for hydroxylation is 1. The molecule has 2 aromatic rings. The summed E-state index contributed by atoms with van der Waals surface area (Å²) >= 11 is 1.44. The Labute approximate surface area is 123 Å². The van der Waals surface area contributed by atoms with Gasteiger partial charge >= 0.3 is 0 Å². The smallest absolute Gasteiger partial charge is 0.137 e. The molecule has 0 amide bonds. The first-order valence-electron chi connectivity index (χ1n) is 6.86. The monoisotopic (exact) mass is 292 g/mol. The van der Waals surface area contributed by atoms with E-state index in [4.69, 9.17) is 4.74 Å². The maximum atomic E-state index is 5.52. The summed E-state index contributed by atoms with van der Waals surface area (Å²) in [6, 6.07) is 2.08. The molecule has 2 aromatic heterocycles. The minimum atomic E-state index is 0.0597. The van der Waals surface area contributed by atoms with Gasteiger partial charge in [0.25, 0.3) is 0 Å². The minimum Gasteiger partial charge on any atom is -0.492 e. The van der Waals surface area contributed by atoms with Gasteiger partial charge in [0.1, 0.15) is 5.75 Å². The van der Waals surface area contributed by atoms with Crippen LogP contribution in [0.1, 0.15) is 42.4 Å². The SMILES string of the molecule is CCCc1nnsc1C(NC)c1cncc(OCC)c1. The lowest BCUT2D eigenvalue weighted by molar-refractivity contribution is 0.338. The van der Waals surface area contributed by atoms with Gasteiger partial charge in [0.15, 0.2) is 0 Å². The first kappa shape index (κ1) is 14.9. The van der Waals surface area contributed by atoms with Crippen LogP contribution in [0.2, 0.25) is 0 Å². The van der Waals surface area contributed by atoms with Gasteiger partial charge in [0.05, 0.1) is 29.4 Å². The highest BCUT2D eigenvalue weighted by Crippen LogP contribution is 2.28. The van der Waals surface area contributed by atoms with E-state index in [9.17, 15) is 0 Å². The zero-order chi connectivity index (χ0) is 14.4. The van der Waals surface area contributed by atoms with Gasteiger partial charge in [-0.1, -0.05) is 17.8 Å². The number of nitrogens with one attached hydrogen (secondary N) is 1. The highest BCUT2D eigenvalue weighted by molar-refractivity contribution is 7.05. The molecule has 0 bridgehead atoms. The average Bonchev–Trinajstić information content (AvgIpc) is 2.89. The van der Waals surface area contributed by atoms with Crippen LogP contribution in [0.5, 0.6) is 5.75 Å². The van der Waals surface area contributed by atoms with Crippen LogP contribution < -0.4 is 10.1 Å². The van der Waals surface area contributed by atoms with Crippen molar-refractivity contribution in [1.82, 2.24) is 19.9 Å². The van der Waals surface area contributed by atoms with Crippen molar-refractivity contribution in [2.45, 2.75) is 32.7 Å². The molecule has 6 heteroatoms. The molecular weight excluding hydrogens is 272 g/mol. The second-order valence-electron chi connectivity index (χ2n) is 4.44. The third-order valence-electron chi connectivity index (χ3n) is 3.00. The summed E-state index contributed by atoms with van der Waals surface area (Å²) in [4.78, 5) is 5.41. The normalized spacial score (nSPS) is 12.3. The first-order valence-corrected chi connectivity index (χ1v) is 7.63. The Hall–Kier alpha value is -1.53. The van der Waals surface area contributed by atoms with Crippen molar-refractivity contribution >= 4 is 11.5 Å². The van der Waals surface area contributed by atoms with Crippen LogP contribution >= 0.6 is 11.5 Å². The number of hydrogen-bond donors (Lipinski definition) is 1. The Morgan fingerprint density at radius 3 is 2.90 bits per heavy atom. The highest BCUT2D eigenvalue weighted by Gasteiger charge is 2.20. The van der Waals surface area contributed by atoms with Crippen LogP contribution in [0.4, 0.5) is 0 Å². The molecule has 0 aliphatic heterocycles. The zero-order valence-corrected chi connectivity index (χ0v) is 12.9. The van der Waals surface area contributed by atoms with Crippen LogP contribution in [-0.2, 0) is 6.42 Å². The number of nitrogens with zero attached hydrogens (tertiary/aromatic N) is 3. The predicted octanol–water partition coefficient (Wildman–Crippen LogP) is 2.59. The summed E-state index contributed by atoms with van der Waals surface area (Å²) in [7, 11) is 1.94. The quantitative estimate of drug-likeness (QED) is 0.850. The van der Waals surface area contributed by atoms with E-state index < -0.39 is 0 Å². The fourth-order valence-electron chi connectivity index (χ4n) is 2.13. The fourth-order valence-corrected chi connectivity index (χ4v) is 2.97. The summed E-state index contributed by atoms with van der Waals surface area (Å²) in [6.07, 6.45) is 5.60. The molecule has 1 atom stereocenters. The summed E-state index contributed by atoms with van der Waals surface area (Å²) in [6.45, 7) is 4.75. The van der Waals surface area contributed by atoms with E-state index in [1.807, 2.05) is 26.2 Å². The van der Waals surface area contributed by atoms with E-state index >= 15 is 0 Å². The van der Waals surface area contributed by atoms with Gasteiger partial charge in [-0.15, -0.1) is 5.10 Å². The van der Waals surface area contributed by atoms with E-state index in [1.165, 1.54) is 11.5 Å². The minimum absolute atomic E-state index is 0.0597. The molecule has 0 aliphatic carbocycles. The van der Waals surface area contributed by atoms with Crippen LogP contribution in [0, 0.1) is 0 Å². The number of ether oxygens (including phenoxy) is 1. The molecule has 2 heterocycles. The molecule has 0 saturated heterocycles. The summed E-state index contributed by atoms with van der Waals surface area (Å²) in [5.74, 6) is 0.791. The second-order valence-corrected chi connectivity index (χ2v) is 5.23. The summed E-state index contributed by atoms with van der Waals surface area (Å²) in [5, 5.41) is 7.56. The van der Waals surface area contributed by atoms with Crippen LogP contribution in [0.3, 0.4) is 0 Å².